The van der Waals surface area contributed by atoms with E-state index < -0.39 is 0 Å². The van der Waals surface area contributed by atoms with Crippen LogP contribution < -0.4 is 9.47 Å². The van der Waals surface area contributed by atoms with E-state index in [0.717, 1.165) is 5.56 Å². The second kappa shape index (κ2) is 5.72. The third-order valence-corrected chi connectivity index (χ3v) is 3.93. The van der Waals surface area contributed by atoms with Crippen molar-refractivity contribution in [3.05, 3.63) is 64.2 Å². The van der Waals surface area contributed by atoms with Gasteiger partial charge in [-0.2, -0.15) is 0 Å². The Kier molecular flexibility index (Phi) is 3.74. The van der Waals surface area contributed by atoms with Crippen molar-refractivity contribution in [2.45, 2.75) is 6.92 Å². The molecule has 2 aromatic carbocycles. The van der Waals surface area contributed by atoms with E-state index in [1.54, 1.807) is 30.3 Å². The van der Waals surface area contributed by atoms with Gasteiger partial charge in [0.05, 0.1) is 25.3 Å². The number of ketones is 2. The number of hydrogen-bond donors (Lipinski definition) is 0. The zero-order valence-electron chi connectivity index (χ0n) is 13.2. The molecule has 2 aromatic rings. The minimum Gasteiger partial charge on any atom is -0.496 e. The van der Waals surface area contributed by atoms with Crippen molar-refractivity contribution in [1.29, 1.82) is 0 Å². The van der Waals surface area contributed by atoms with Crippen LogP contribution in [-0.4, -0.2) is 25.8 Å². The molecule has 0 fully saturated rings. The van der Waals surface area contributed by atoms with Gasteiger partial charge in [-0.25, -0.2) is 0 Å². The second-order valence-corrected chi connectivity index (χ2v) is 5.15. The van der Waals surface area contributed by atoms with Crippen LogP contribution in [0.4, 0.5) is 0 Å². The maximum absolute atomic E-state index is 12.9. The van der Waals surface area contributed by atoms with Gasteiger partial charge in [-0.1, -0.05) is 30.4 Å². The molecule has 23 heavy (non-hydrogen) atoms. The summed E-state index contributed by atoms with van der Waals surface area (Å²) in [6.07, 6.45) is 3.70. The average molecular weight is 308 g/mol. The number of allylic oxidation sites excluding steroid dienone is 1. The lowest BCUT2D eigenvalue weighted by Gasteiger charge is -2.22. The van der Waals surface area contributed by atoms with E-state index >= 15 is 0 Å². The third kappa shape index (κ3) is 2.14. The van der Waals surface area contributed by atoms with E-state index in [2.05, 4.69) is 0 Å². The van der Waals surface area contributed by atoms with Gasteiger partial charge < -0.3 is 9.47 Å². The van der Waals surface area contributed by atoms with E-state index in [1.165, 1.54) is 14.2 Å². The molecule has 0 heterocycles. The van der Waals surface area contributed by atoms with Crippen molar-refractivity contribution in [1.82, 2.24) is 0 Å². The van der Waals surface area contributed by atoms with E-state index in [4.69, 9.17) is 9.47 Å². The Labute approximate surface area is 134 Å². The lowest BCUT2D eigenvalue weighted by atomic mass is 9.82. The molecule has 4 heteroatoms. The van der Waals surface area contributed by atoms with Crippen LogP contribution in [0, 0.1) is 0 Å². The molecule has 0 saturated carbocycles. The van der Waals surface area contributed by atoms with Crippen LogP contribution in [0.15, 0.2) is 36.4 Å². The highest BCUT2D eigenvalue weighted by Crippen LogP contribution is 2.38. The van der Waals surface area contributed by atoms with Crippen molar-refractivity contribution in [3.8, 4) is 11.5 Å². The maximum Gasteiger partial charge on any atom is 0.198 e. The predicted octanol–water partition coefficient (Wildman–Crippen LogP) is 3.51. The molecule has 1 aliphatic rings. The SMILES string of the molecule is C/C=C/c1ccc2c(c1OC)C(=O)c1cccc(OC)c1C2=O. The summed E-state index contributed by atoms with van der Waals surface area (Å²) < 4.78 is 10.7. The fraction of sp³-hybridized carbons (Fsp3) is 0.158. The maximum atomic E-state index is 12.9. The lowest BCUT2D eigenvalue weighted by Crippen LogP contribution is -2.22. The number of ether oxygens (including phenoxy) is 2. The van der Waals surface area contributed by atoms with Gasteiger partial charge in [0.25, 0.3) is 0 Å². The highest BCUT2D eigenvalue weighted by Gasteiger charge is 2.35. The zero-order chi connectivity index (χ0) is 16.6. The molecule has 0 aliphatic heterocycles. The number of benzene rings is 2. The molecule has 0 radical (unpaired) electrons. The van der Waals surface area contributed by atoms with Crippen LogP contribution in [0.5, 0.6) is 11.5 Å². The lowest BCUT2D eigenvalue weighted by molar-refractivity contribution is 0.0974. The summed E-state index contributed by atoms with van der Waals surface area (Å²) in [4.78, 5) is 25.8. The molecule has 0 bridgehead atoms. The van der Waals surface area contributed by atoms with Crippen molar-refractivity contribution in [2.75, 3.05) is 14.2 Å². The molecule has 0 aromatic heterocycles. The van der Waals surface area contributed by atoms with Gasteiger partial charge in [0.1, 0.15) is 11.5 Å². The summed E-state index contributed by atoms with van der Waals surface area (Å²) in [6.45, 7) is 1.88. The van der Waals surface area contributed by atoms with Crippen LogP contribution in [0.1, 0.15) is 44.3 Å². The fourth-order valence-corrected chi connectivity index (χ4v) is 2.94. The van der Waals surface area contributed by atoms with Crippen LogP contribution >= 0.6 is 0 Å². The minimum absolute atomic E-state index is 0.225. The number of rotatable bonds is 3. The molecule has 116 valence electrons. The normalized spacial score (nSPS) is 13.0. The summed E-state index contributed by atoms with van der Waals surface area (Å²) in [6, 6.07) is 8.48. The predicted molar refractivity (Wildman–Crippen MR) is 87.6 cm³/mol. The van der Waals surface area contributed by atoms with Gasteiger partial charge in [0.2, 0.25) is 0 Å². The number of methoxy groups -OCH3 is 2. The molecule has 0 spiro atoms. The first-order valence-corrected chi connectivity index (χ1v) is 7.24. The Morgan fingerprint density at radius 3 is 2.22 bits per heavy atom. The average Bonchev–Trinajstić information content (AvgIpc) is 2.58. The molecule has 0 amide bonds. The molecular formula is C19H16O4. The molecule has 0 saturated heterocycles. The van der Waals surface area contributed by atoms with E-state index in [9.17, 15) is 9.59 Å². The van der Waals surface area contributed by atoms with E-state index in [1.807, 2.05) is 19.1 Å². The first kappa shape index (κ1) is 15.0. The van der Waals surface area contributed by atoms with Gasteiger partial charge in [-0.3, -0.25) is 9.59 Å². The first-order chi connectivity index (χ1) is 11.1. The summed E-state index contributed by atoms with van der Waals surface area (Å²) >= 11 is 0. The highest BCUT2D eigenvalue weighted by atomic mass is 16.5. The van der Waals surface area contributed by atoms with Crippen LogP contribution in [0.2, 0.25) is 0 Å². The molecular weight excluding hydrogens is 292 g/mol. The van der Waals surface area contributed by atoms with Crippen molar-refractivity contribution in [3.63, 3.8) is 0 Å². The molecule has 4 nitrogen and oxygen atoms in total. The molecule has 0 atom stereocenters. The Bertz CT molecular complexity index is 847. The van der Waals surface area contributed by atoms with Gasteiger partial charge in [0, 0.05) is 16.7 Å². The quantitative estimate of drug-likeness (QED) is 0.743. The Hall–Kier alpha value is -2.88. The van der Waals surface area contributed by atoms with Crippen molar-refractivity contribution in [2.24, 2.45) is 0 Å². The fourth-order valence-electron chi connectivity index (χ4n) is 2.94. The van der Waals surface area contributed by atoms with Gasteiger partial charge in [0.15, 0.2) is 11.6 Å². The van der Waals surface area contributed by atoms with Gasteiger partial charge >= 0.3 is 0 Å². The van der Waals surface area contributed by atoms with Crippen LogP contribution in [0.3, 0.4) is 0 Å². The topological polar surface area (TPSA) is 52.6 Å². The minimum atomic E-state index is -0.225. The molecule has 1 aliphatic carbocycles. The van der Waals surface area contributed by atoms with Gasteiger partial charge in [-0.05, 0) is 19.1 Å². The van der Waals surface area contributed by atoms with E-state index in [0.29, 0.717) is 33.8 Å². The smallest absolute Gasteiger partial charge is 0.198 e. The number of carbonyl (C=O) groups excluding carboxylic acids is 2. The number of fused-ring (bicyclic) bond motifs is 2. The second-order valence-electron chi connectivity index (χ2n) is 5.15. The molecule has 3 rings (SSSR count). The third-order valence-electron chi connectivity index (χ3n) is 3.93. The number of hydrogen-bond acceptors (Lipinski definition) is 4. The molecule has 0 unspecified atom stereocenters. The molecule has 0 N–H and O–H groups in total. The summed E-state index contributed by atoms with van der Waals surface area (Å²) in [7, 11) is 2.99. The van der Waals surface area contributed by atoms with Crippen molar-refractivity contribution >= 4 is 17.6 Å². The summed E-state index contributed by atoms with van der Waals surface area (Å²) in [5.41, 5.74) is 2.08. The monoisotopic (exact) mass is 308 g/mol. The van der Waals surface area contributed by atoms with Crippen LogP contribution in [0.25, 0.3) is 6.08 Å². The van der Waals surface area contributed by atoms with Gasteiger partial charge in [-0.15, -0.1) is 0 Å². The summed E-state index contributed by atoms with van der Waals surface area (Å²) in [5, 5.41) is 0. The Morgan fingerprint density at radius 2 is 1.57 bits per heavy atom. The Morgan fingerprint density at radius 1 is 0.870 bits per heavy atom. The van der Waals surface area contributed by atoms with Crippen molar-refractivity contribution < 1.29 is 19.1 Å². The number of carbonyl (C=O) groups is 2. The highest BCUT2D eigenvalue weighted by molar-refractivity contribution is 6.30. The van der Waals surface area contributed by atoms with E-state index in [-0.39, 0.29) is 11.6 Å². The Balaban J connectivity index is 2.33. The zero-order valence-corrected chi connectivity index (χ0v) is 13.2. The first-order valence-electron chi connectivity index (χ1n) is 7.24. The van der Waals surface area contributed by atoms with Crippen LogP contribution in [-0.2, 0) is 0 Å². The standard InChI is InChI=1S/C19H16O4/c1-4-6-11-9-10-13-16(19(11)23-3)18(21)12-7-5-8-14(22-2)15(12)17(13)20/h4-10H,1-3H3/b6-4+. The largest absolute Gasteiger partial charge is 0.496 e. The summed E-state index contributed by atoms with van der Waals surface area (Å²) in [5.74, 6) is 0.379.